The van der Waals surface area contributed by atoms with Gasteiger partial charge in [-0.3, -0.25) is 0 Å². The average molecular weight is 228 g/mol. The summed E-state index contributed by atoms with van der Waals surface area (Å²) in [6.45, 7) is 3.68. The minimum absolute atomic E-state index is 0.154. The molecule has 0 aromatic carbocycles. The maximum atomic E-state index is 11.2. The summed E-state index contributed by atoms with van der Waals surface area (Å²) >= 11 is 0. The number of esters is 1. The lowest BCUT2D eigenvalue weighted by atomic mass is 10.1. The zero-order valence-corrected chi connectivity index (χ0v) is 9.34. The SMILES string of the molecule is CCOC(=O)C(O)C(O)c1ccc(CC)o1. The number of rotatable bonds is 5. The van der Waals surface area contributed by atoms with Crippen molar-refractivity contribution in [2.75, 3.05) is 6.61 Å². The number of aliphatic hydroxyl groups is 2. The van der Waals surface area contributed by atoms with E-state index in [0.717, 1.165) is 0 Å². The van der Waals surface area contributed by atoms with Crippen molar-refractivity contribution in [3.05, 3.63) is 23.7 Å². The molecule has 0 bridgehead atoms. The molecule has 0 fully saturated rings. The third-order valence-electron chi connectivity index (χ3n) is 2.15. The summed E-state index contributed by atoms with van der Waals surface area (Å²) in [7, 11) is 0. The van der Waals surface area contributed by atoms with E-state index in [1.807, 2.05) is 6.92 Å². The number of hydrogen-bond donors (Lipinski definition) is 2. The molecule has 1 aromatic heterocycles. The van der Waals surface area contributed by atoms with Crippen molar-refractivity contribution in [2.45, 2.75) is 32.5 Å². The normalized spacial score (nSPS) is 14.5. The Labute approximate surface area is 93.6 Å². The van der Waals surface area contributed by atoms with Gasteiger partial charge in [-0.25, -0.2) is 4.79 Å². The number of ether oxygens (including phenoxy) is 1. The van der Waals surface area contributed by atoms with Gasteiger partial charge in [0.15, 0.2) is 6.10 Å². The second kappa shape index (κ2) is 5.67. The summed E-state index contributed by atoms with van der Waals surface area (Å²) in [4.78, 5) is 11.2. The Morgan fingerprint density at radius 1 is 1.44 bits per heavy atom. The maximum absolute atomic E-state index is 11.2. The minimum Gasteiger partial charge on any atom is -0.464 e. The Balaban J connectivity index is 2.69. The quantitative estimate of drug-likeness (QED) is 0.729. The predicted molar refractivity (Wildman–Crippen MR) is 55.7 cm³/mol. The van der Waals surface area contributed by atoms with Crippen molar-refractivity contribution in [3.8, 4) is 0 Å². The largest absolute Gasteiger partial charge is 0.464 e. The van der Waals surface area contributed by atoms with Gasteiger partial charge in [-0.15, -0.1) is 0 Å². The summed E-state index contributed by atoms with van der Waals surface area (Å²) < 4.78 is 9.82. The van der Waals surface area contributed by atoms with Gasteiger partial charge in [0.1, 0.15) is 17.6 Å². The average Bonchev–Trinajstić information content (AvgIpc) is 2.75. The van der Waals surface area contributed by atoms with Gasteiger partial charge in [-0.1, -0.05) is 6.92 Å². The molecule has 5 heteroatoms. The number of aryl methyl sites for hydroxylation is 1. The zero-order valence-electron chi connectivity index (χ0n) is 9.34. The van der Waals surface area contributed by atoms with Crippen molar-refractivity contribution in [2.24, 2.45) is 0 Å². The van der Waals surface area contributed by atoms with Crippen LogP contribution in [0.5, 0.6) is 0 Å². The molecule has 2 unspecified atom stereocenters. The van der Waals surface area contributed by atoms with Crippen LogP contribution in [0.1, 0.15) is 31.5 Å². The first-order valence-electron chi connectivity index (χ1n) is 5.21. The van der Waals surface area contributed by atoms with Crippen LogP contribution in [0.4, 0.5) is 0 Å². The number of furan rings is 1. The second-order valence-electron chi connectivity index (χ2n) is 3.30. The molecular formula is C11H16O5. The van der Waals surface area contributed by atoms with E-state index in [1.54, 1.807) is 13.0 Å². The van der Waals surface area contributed by atoms with Gasteiger partial charge in [0.25, 0.3) is 0 Å². The zero-order chi connectivity index (χ0) is 12.1. The van der Waals surface area contributed by atoms with E-state index in [4.69, 9.17) is 4.42 Å². The lowest BCUT2D eigenvalue weighted by Crippen LogP contribution is -2.29. The van der Waals surface area contributed by atoms with Crippen LogP contribution in [-0.2, 0) is 16.0 Å². The highest BCUT2D eigenvalue weighted by Crippen LogP contribution is 2.20. The second-order valence-corrected chi connectivity index (χ2v) is 3.30. The Bertz CT molecular complexity index is 344. The molecule has 0 radical (unpaired) electrons. The highest BCUT2D eigenvalue weighted by atomic mass is 16.5. The van der Waals surface area contributed by atoms with E-state index < -0.39 is 18.2 Å². The first-order chi connectivity index (χ1) is 7.60. The Hall–Kier alpha value is -1.33. The van der Waals surface area contributed by atoms with Gasteiger partial charge in [-0.05, 0) is 19.1 Å². The van der Waals surface area contributed by atoms with Crippen LogP contribution in [0, 0.1) is 0 Å². The number of aliphatic hydroxyl groups excluding tert-OH is 2. The van der Waals surface area contributed by atoms with E-state index in [0.29, 0.717) is 12.2 Å². The monoisotopic (exact) mass is 228 g/mol. The fourth-order valence-electron chi connectivity index (χ4n) is 1.26. The van der Waals surface area contributed by atoms with Crippen LogP contribution in [0.2, 0.25) is 0 Å². The summed E-state index contributed by atoms with van der Waals surface area (Å²) in [6, 6.07) is 3.22. The van der Waals surface area contributed by atoms with E-state index in [2.05, 4.69) is 4.74 Å². The van der Waals surface area contributed by atoms with Crippen molar-refractivity contribution in [1.29, 1.82) is 0 Å². The predicted octanol–water partition coefficient (Wildman–Crippen LogP) is 0.799. The van der Waals surface area contributed by atoms with Gasteiger partial charge in [0.05, 0.1) is 6.61 Å². The third kappa shape index (κ3) is 2.84. The highest BCUT2D eigenvalue weighted by Gasteiger charge is 2.29. The number of carbonyl (C=O) groups is 1. The van der Waals surface area contributed by atoms with E-state index in [1.165, 1.54) is 6.07 Å². The molecule has 2 atom stereocenters. The Morgan fingerprint density at radius 3 is 2.62 bits per heavy atom. The van der Waals surface area contributed by atoms with Crippen LogP contribution in [0.3, 0.4) is 0 Å². The van der Waals surface area contributed by atoms with Crippen molar-refractivity contribution in [1.82, 2.24) is 0 Å². The lowest BCUT2D eigenvalue weighted by molar-refractivity contribution is -0.160. The summed E-state index contributed by atoms with van der Waals surface area (Å²) in [6.07, 6.45) is -2.32. The van der Waals surface area contributed by atoms with Gasteiger partial charge >= 0.3 is 5.97 Å². The first-order valence-corrected chi connectivity index (χ1v) is 5.21. The molecule has 0 saturated heterocycles. The van der Waals surface area contributed by atoms with Gasteiger partial charge in [-0.2, -0.15) is 0 Å². The molecule has 5 nitrogen and oxygen atoms in total. The fourth-order valence-corrected chi connectivity index (χ4v) is 1.26. The summed E-state index contributed by atoms with van der Waals surface area (Å²) in [5.41, 5.74) is 0. The standard InChI is InChI=1S/C11H16O5/c1-3-7-5-6-8(16-7)9(12)10(13)11(14)15-4-2/h5-6,9-10,12-13H,3-4H2,1-2H3. The smallest absolute Gasteiger partial charge is 0.338 e. The van der Waals surface area contributed by atoms with Crippen molar-refractivity contribution in [3.63, 3.8) is 0 Å². The molecule has 16 heavy (non-hydrogen) atoms. The molecular weight excluding hydrogens is 212 g/mol. The minimum atomic E-state index is -1.61. The molecule has 0 spiro atoms. The Morgan fingerprint density at radius 2 is 2.12 bits per heavy atom. The Kier molecular flexibility index (Phi) is 4.52. The molecule has 0 aliphatic carbocycles. The highest BCUT2D eigenvalue weighted by molar-refractivity contribution is 5.75. The summed E-state index contributed by atoms with van der Waals surface area (Å²) in [5, 5.41) is 19.1. The molecule has 1 rings (SSSR count). The topological polar surface area (TPSA) is 79.9 Å². The van der Waals surface area contributed by atoms with E-state index in [9.17, 15) is 15.0 Å². The van der Waals surface area contributed by atoms with Gasteiger partial charge < -0.3 is 19.4 Å². The van der Waals surface area contributed by atoms with Crippen molar-refractivity contribution < 1.29 is 24.2 Å². The van der Waals surface area contributed by atoms with Crippen LogP contribution >= 0.6 is 0 Å². The van der Waals surface area contributed by atoms with Gasteiger partial charge in [0, 0.05) is 6.42 Å². The molecule has 2 N–H and O–H groups in total. The molecule has 0 amide bonds. The molecule has 90 valence electrons. The number of hydrogen-bond acceptors (Lipinski definition) is 5. The maximum Gasteiger partial charge on any atom is 0.338 e. The molecule has 0 aliphatic rings. The van der Waals surface area contributed by atoms with E-state index in [-0.39, 0.29) is 12.4 Å². The summed E-state index contributed by atoms with van der Waals surface area (Å²) in [5.74, 6) is -0.00744. The van der Waals surface area contributed by atoms with Crippen LogP contribution in [0.15, 0.2) is 16.5 Å². The molecule has 0 aliphatic heterocycles. The first kappa shape index (κ1) is 12.7. The molecule has 0 saturated carbocycles. The van der Waals surface area contributed by atoms with Crippen molar-refractivity contribution >= 4 is 5.97 Å². The fraction of sp³-hybridized carbons (Fsp3) is 0.545. The van der Waals surface area contributed by atoms with Crippen LogP contribution in [-0.4, -0.2) is 28.9 Å². The molecule has 1 heterocycles. The molecule has 1 aromatic rings. The third-order valence-corrected chi connectivity index (χ3v) is 2.15. The van der Waals surface area contributed by atoms with E-state index >= 15 is 0 Å². The number of carbonyl (C=O) groups excluding carboxylic acids is 1. The lowest BCUT2D eigenvalue weighted by Gasteiger charge is -2.14. The van der Waals surface area contributed by atoms with Gasteiger partial charge in [0.2, 0.25) is 0 Å². The van der Waals surface area contributed by atoms with Crippen LogP contribution in [0.25, 0.3) is 0 Å². The van der Waals surface area contributed by atoms with Crippen LogP contribution < -0.4 is 0 Å².